The van der Waals surface area contributed by atoms with E-state index in [4.69, 9.17) is 10.5 Å². The fourth-order valence-corrected chi connectivity index (χ4v) is 3.58. The van der Waals surface area contributed by atoms with E-state index in [1.807, 2.05) is 0 Å². The second-order valence-electron chi connectivity index (χ2n) is 4.20. The molecule has 6 heteroatoms. The molecule has 0 bridgehead atoms. The predicted octanol–water partition coefficient (Wildman–Crippen LogP) is 1.22. The van der Waals surface area contributed by atoms with E-state index in [1.165, 1.54) is 12.1 Å². The van der Waals surface area contributed by atoms with Crippen LogP contribution in [0.15, 0.2) is 23.1 Å². The molecule has 0 saturated carbocycles. The molecule has 1 atom stereocenters. The van der Waals surface area contributed by atoms with Gasteiger partial charge in [-0.1, -0.05) is 0 Å². The summed E-state index contributed by atoms with van der Waals surface area (Å²) in [6.45, 7) is 1.00. The van der Waals surface area contributed by atoms with Gasteiger partial charge in [-0.15, -0.1) is 0 Å². The molecule has 94 valence electrons. The molecule has 0 aliphatic carbocycles. The van der Waals surface area contributed by atoms with Crippen LogP contribution in [0, 0.1) is 11.7 Å². The number of hydrogen-bond acceptors (Lipinski definition) is 4. The fourth-order valence-electron chi connectivity index (χ4n) is 1.88. The van der Waals surface area contributed by atoms with Gasteiger partial charge < -0.3 is 10.5 Å². The Kier molecular flexibility index (Phi) is 3.35. The van der Waals surface area contributed by atoms with Crippen molar-refractivity contribution in [1.82, 2.24) is 0 Å². The lowest BCUT2D eigenvalue weighted by Gasteiger charge is -2.09. The van der Waals surface area contributed by atoms with Crippen LogP contribution in [0.5, 0.6) is 0 Å². The molecule has 1 saturated heterocycles. The van der Waals surface area contributed by atoms with Crippen LogP contribution in [0.4, 0.5) is 10.1 Å². The Labute approximate surface area is 99.5 Å². The Hall–Kier alpha value is -1.14. The number of nitrogens with two attached hydrogens (primary N) is 1. The third kappa shape index (κ3) is 2.76. The van der Waals surface area contributed by atoms with Crippen LogP contribution in [0.3, 0.4) is 0 Å². The molecule has 1 aromatic carbocycles. The highest BCUT2D eigenvalue weighted by Gasteiger charge is 2.26. The van der Waals surface area contributed by atoms with Crippen LogP contribution in [0.2, 0.25) is 0 Å². The monoisotopic (exact) mass is 259 g/mol. The Morgan fingerprint density at radius 3 is 2.82 bits per heavy atom. The lowest BCUT2D eigenvalue weighted by Crippen LogP contribution is -2.17. The van der Waals surface area contributed by atoms with Gasteiger partial charge in [0.25, 0.3) is 0 Å². The van der Waals surface area contributed by atoms with E-state index in [0.29, 0.717) is 19.6 Å². The SMILES string of the molecule is Nc1ccc(S(=O)(=O)CC2CCOC2)c(F)c1. The first kappa shape index (κ1) is 12.3. The average molecular weight is 259 g/mol. The van der Waals surface area contributed by atoms with Crippen molar-refractivity contribution in [2.24, 2.45) is 5.92 Å². The van der Waals surface area contributed by atoms with Gasteiger partial charge in [-0.05, 0) is 30.5 Å². The number of anilines is 1. The van der Waals surface area contributed by atoms with Crippen LogP contribution in [0.1, 0.15) is 6.42 Å². The number of rotatable bonds is 3. The zero-order chi connectivity index (χ0) is 12.5. The molecule has 17 heavy (non-hydrogen) atoms. The summed E-state index contributed by atoms with van der Waals surface area (Å²) in [5, 5.41) is 0. The Bertz CT molecular complexity index is 509. The van der Waals surface area contributed by atoms with Gasteiger partial charge in [0, 0.05) is 12.3 Å². The molecule has 0 aromatic heterocycles. The summed E-state index contributed by atoms with van der Waals surface area (Å²) in [4.78, 5) is -0.279. The second kappa shape index (κ2) is 4.62. The third-order valence-corrected chi connectivity index (χ3v) is 4.68. The maximum Gasteiger partial charge on any atom is 0.181 e. The number of sulfone groups is 1. The van der Waals surface area contributed by atoms with Gasteiger partial charge in [0.05, 0.1) is 12.4 Å². The smallest absolute Gasteiger partial charge is 0.181 e. The molecule has 1 fully saturated rings. The van der Waals surface area contributed by atoms with Crippen LogP contribution in [-0.4, -0.2) is 27.4 Å². The first-order valence-electron chi connectivity index (χ1n) is 5.34. The highest BCUT2D eigenvalue weighted by atomic mass is 32.2. The van der Waals surface area contributed by atoms with Crippen molar-refractivity contribution >= 4 is 15.5 Å². The molecule has 0 amide bonds. The van der Waals surface area contributed by atoms with Gasteiger partial charge in [-0.2, -0.15) is 0 Å². The minimum absolute atomic E-state index is 0.0445. The largest absolute Gasteiger partial charge is 0.399 e. The molecule has 4 nitrogen and oxygen atoms in total. The number of ether oxygens (including phenoxy) is 1. The van der Waals surface area contributed by atoms with E-state index < -0.39 is 15.7 Å². The minimum Gasteiger partial charge on any atom is -0.399 e. The van der Waals surface area contributed by atoms with Crippen molar-refractivity contribution in [1.29, 1.82) is 0 Å². The van der Waals surface area contributed by atoms with Crippen molar-refractivity contribution in [3.63, 3.8) is 0 Å². The van der Waals surface area contributed by atoms with E-state index >= 15 is 0 Å². The summed E-state index contributed by atoms with van der Waals surface area (Å²) in [5.41, 5.74) is 5.59. The Morgan fingerprint density at radius 2 is 2.24 bits per heavy atom. The van der Waals surface area contributed by atoms with Crippen molar-refractivity contribution in [2.45, 2.75) is 11.3 Å². The number of nitrogen functional groups attached to an aromatic ring is 1. The standard InChI is InChI=1S/C11H14FNO3S/c12-10-5-9(13)1-2-11(10)17(14,15)7-8-3-4-16-6-8/h1-2,5,8H,3-4,6-7,13H2. The molecule has 1 aliphatic rings. The topological polar surface area (TPSA) is 69.4 Å². The van der Waals surface area contributed by atoms with Gasteiger partial charge in [-0.25, -0.2) is 12.8 Å². The van der Waals surface area contributed by atoms with Crippen LogP contribution < -0.4 is 5.73 Å². The summed E-state index contributed by atoms with van der Waals surface area (Å²) >= 11 is 0. The number of hydrogen-bond donors (Lipinski definition) is 1. The highest BCUT2D eigenvalue weighted by molar-refractivity contribution is 7.91. The van der Waals surface area contributed by atoms with Crippen molar-refractivity contribution in [2.75, 3.05) is 24.7 Å². The maximum atomic E-state index is 13.5. The van der Waals surface area contributed by atoms with Crippen LogP contribution in [0.25, 0.3) is 0 Å². The quantitative estimate of drug-likeness (QED) is 0.829. The summed E-state index contributed by atoms with van der Waals surface area (Å²) in [5.74, 6) is -0.908. The van der Waals surface area contributed by atoms with Crippen LogP contribution in [-0.2, 0) is 14.6 Å². The van der Waals surface area contributed by atoms with Crippen molar-refractivity contribution in [3.05, 3.63) is 24.0 Å². The molecule has 1 aliphatic heterocycles. The zero-order valence-electron chi connectivity index (χ0n) is 9.23. The normalized spacial score (nSPS) is 20.6. The first-order valence-corrected chi connectivity index (χ1v) is 7.00. The van der Waals surface area contributed by atoms with Gasteiger partial charge in [0.1, 0.15) is 10.7 Å². The zero-order valence-corrected chi connectivity index (χ0v) is 10.0. The summed E-state index contributed by atoms with van der Waals surface area (Å²) in [6, 6.07) is 3.63. The predicted molar refractivity (Wildman–Crippen MR) is 61.8 cm³/mol. The van der Waals surface area contributed by atoms with Crippen molar-refractivity contribution < 1.29 is 17.5 Å². The number of benzene rings is 1. The Morgan fingerprint density at radius 1 is 1.47 bits per heavy atom. The van der Waals surface area contributed by atoms with E-state index in [9.17, 15) is 12.8 Å². The van der Waals surface area contributed by atoms with E-state index in [0.717, 1.165) is 6.07 Å². The highest BCUT2D eigenvalue weighted by Crippen LogP contribution is 2.23. The molecule has 1 heterocycles. The number of halogens is 1. The first-order chi connectivity index (χ1) is 7.99. The average Bonchev–Trinajstić information content (AvgIpc) is 2.68. The van der Waals surface area contributed by atoms with E-state index in [2.05, 4.69) is 0 Å². The summed E-state index contributed by atoms with van der Waals surface area (Å²) < 4.78 is 42.6. The molecule has 0 spiro atoms. The van der Waals surface area contributed by atoms with Gasteiger partial charge in [0.2, 0.25) is 0 Å². The van der Waals surface area contributed by atoms with Crippen LogP contribution >= 0.6 is 0 Å². The van der Waals surface area contributed by atoms with Crippen molar-refractivity contribution in [3.8, 4) is 0 Å². The lowest BCUT2D eigenvalue weighted by molar-refractivity contribution is 0.188. The van der Waals surface area contributed by atoms with Gasteiger partial charge in [-0.3, -0.25) is 0 Å². The third-order valence-electron chi connectivity index (χ3n) is 2.77. The second-order valence-corrected chi connectivity index (χ2v) is 6.20. The molecule has 1 aromatic rings. The van der Waals surface area contributed by atoms with E-state index in [-0.39, 0.29) is 22.3 Å². The lowest BCUT2D eigenvalue weighted by atomic mass is 10.2. The molecule has 2 rings (SSSR count). The van der Waals surface area contributed by atoms with Gasteiger partial charge in [0.15, 0.2) is 9.84 Å². The summed E-state index contributed by atoms with van der Waals surface area (Å²) in [7, 11) is -3.60. The molecule has 0 radical (unpaired) electrons. The fraction of sp³-hybridized carbons (Fsp3) is 0.455. The van der Waals surface area contributed by atoms with E-state index in [1.54, 1.807) is 0 Å². The molecular weight excluding hydrogens is 245 g/mol. The minimum atomic E-state index is -3.60. The van der Waals surface area contributed by atoms with Gasteiger partial charge >= 0.3 is 0 Å². The molecule has 1 unspecified atom stereocenters. The summed E-state index contributed by atoms with van der Waals surface area (Å²) in [6.07, 6.45) is 0.704. The molecular formula is C11H14FNO3S. The Balaban J connectivity index is 2.24. The molecule has 2 N–H and O–H groups in total. The maximum absolute atomic E-state index is 13.5.